The molecule has 2 N–H and O–H groups in total. The molecule has 2 rings (SSSR count). The third kappa shape index (κ3) is 4.44. The molecular formula is C15H20FNO4. The highest BCUT2D eigenvalue weighted by atomic mass is 19.1. The molecule has 1 aliphatic rings. The zero-order valence-corrected chi connectivity index (χ0v) is 12.2. The summed E-state index contributed by atoms with van der Waals surface area (Å²) < 4.78 is 17.4. The van der Waals surface area contributed by atoms with Gasteiger partial charge in [-0.3, -0.25) is 4.79 Å². The average molecular weight is 297 g/mol. The van der Waals surface area contributed by atoms with Crippen LogP contribution in [0.5, 0.6) is 0 Å². The lowest BCUT2D eigenvalue weighted by molar-refractivity contribution is -0.145. The van der Waals surface area contributed by atoms with Crippen LogP contribution in [0.1, 0.15) is 31.7 Å². The molecule has 0 bridgehead atoms. The van der Waals surface area contributed by atoms with E-state index in [-0.39, 0.29) is 5.82 Å². The number of rotatable bonds is 5. The fourth-order valence-electron chi connectivity index (χ4n) is 1.94. The number of aryl methyl sites for hydroxylation is 1. The molecule has 0 atom stereocenters. The second-order valence-electron chi connectivity index (χ2n) is 4.88. The summed E-state index contributed by atoms with van der Waals surface area (Å²) in [6, 6.07) is 4.70. The Balaban J connectivity index is 0.000000383. The third-order valence-corrected chi connectivity index (χ3v) is 3.41. The molecule has 1 aromatic rings. The van der Waals surface area contributed by atoms with Crippen LogP contribution in [0.25, 0.3) is 0 Å². The van der Waals surface area contributed by atoms with Crippen molar-refractivity contribution in [1.29, 1.82) is 0 Å². The van der Waals surface area contributed by atoms with Crippen LogP contribution in [0.3, 0.4) is 0 Å². The first-order valence-electron chi connectivity index (χ1n) is 6.78. The highest BCUT2D eigenvalue weighted by Gasteiger charge is 2.44. The number of benzene rings is 1. The number of hydrogen-bond acceptors (Lipinski definition) is 4. The topological polar surface area (TPSA) is 75.6 Å². The number of ether oxygens (including phenoxy) is 1. The van der Waals surface area contributed by atoms with Crippen molar-refractivity contribution in [2.45, 2.75) is 38.6 Å². The quantitative estimate of drug-likeness (QED) is 0.817. The van der Waals surface area contributed by atoms with Gasteiger partial charge in [0.15, 0.2) is 0 Å². The monoisotopic (exact) mass is 297 g/mol. The molecule has 21 heavy (non-hydrogen) atoms. The van der Waals surface area contributed by atoms with Crippen LogP contribution >= 0.6 is 0 Å². The van der Waals surface area contributed by atoms with E-state index in [1.165, 1.54) is 6.07 Å². The lowest BCUT2D eigenvalue weighted by Crippen LogP contribution is -2.52. The number of carbonyl (C=O) groups is 2. The molecular weight excluding hydrogens is 277 g/mol. The van der Waals surface area contributed by atoms with Crippen molar-refractivity contribution in [1.82, 2.24) is 0 Å². The summed E-state index contributed by atoms with van der Waals surface area (Å²) >= 11 is 0. The molecule has 0 aromatic heterocycles. The maximum absolute atomic E-state index is 13.3. The van der Waals surface area contributed by atoms with E-state index in [0.717, 1.165) is 6.42 Å². The van der Waals surface area contributed by atoms with Gasteiger partial charge in [-0.15, -0.1) is 0 Å². The smallest absolute Gasteiger partial charge is 0.329 e. The van der Waals surface area contributed by atoms with E-state index in [9.17, 15) is 14.0 Å². The first-order valence-corrected chi connectivity index (χ1v) is 6.78. The molecule has 0 radical (unpaired) electrons. The largest absolute Gasteiger partial charge is 0.480 e. The van der Waals surface area contributed by atoms with E-state index in [1.54, 1.807) is 26.0 Å². The number of anilines is 1. The summed E-state index contributed by atoms with van der Waals surface area (Å²) in [5.74, 6) is -1.18. The molecule has 1 saturated carbocycles. The fraction of sp³-hybridized carbons (Fsp3) is 0.467. The van der Waals surface area contributed by atoms with Crippen molar-refractivity contribution in [3.05, 3.63) is 29.6 Å². The van der Waals surface area contributed by atoms with Crippen LogP contribution in [-0.2, 0) is 14.3 Å². The minimum absolute atomic E-state index is 0.315. The predicted molar refractivity (Wildman–Crippen MR) is 76.7 cm³/mol. The minimum atomic E-state index is -0.887. The SMILES string of the molecule is CCOC=O.Cc1ccc(NC2(C(=O)O)CCC2)cc1F. The number of carboxylic acids is 1. The maximum Gasteiger partial charge on any atom is 0.329 e. The molecule has 5 nitrogen and oxygen atoms in total. The van der Waals surface area contributed by atoms with Crippen LogP contribution < -0.4 is 5.32 Å². The molecule has 0 aliphatic heterocycles. The van der Waals surface area contributed by atoms with Gasteiger partial charge in [-0.25, -0.2) is 9.18 Å². The molecule has 1 fully saturated rings. The minimum Gasteiger partial charge on any atom is -0.480 e. The van der Waals surface area contributed by atoms with Crippen LogP contribution in [0.4, 0.5) is 10.1 Å². The van der Waals surface area contributed by atoms with E-state index in [4.69, 9.17) is 5.11 Å². The van der Waals surface area contributed by atoms with Gasteiger partial charge in [0.2, 0.25) is 0 Å². The van der Waals surface area contributed by atoms with Crippen molar-refractivity contribution in [2.24, 2.45) is 0 Å². The van der Waals surface area contributed by atoms with E-state index in [2.05, 4.69) is 10.1 Å². The fourth-order valence-corrected chi connectivity index (χ4v) is 1.94. The van der Waals surface area contributed by atoms with E-state index >= 15 is 0 Å². The van der Waals surface area contributed by atoms with Crippen molar-refractivity contribution in [3.8, 4) is 0 Å². The Bertz CT molecular complexity index is 500. The Morgan fingerprint density at radius 3 is 2.52 bits per heavy atom. The van der Waals surface area contributed by atoms with E-state index in [1.807, 2.05) is 0 Å². The van der Waals surface area contributed by atoms with Gasteiger partial charge >= 0.3 is 5.97 Å². The Kier molecular flexibility index (Phi) is 6.14. The Hall–Kier alpha value is -2.11. The van der Waals surface area contributed by atoms with Gasteiger partial charge < -0.3 is 15.2 Å². The molecule has 0 heterocycles. The van der Waals surface area contributed by atoms with Crippen molar-refractivity contribution in [3.63, 3.8) is 0 Å². The molecule has 6 heteroatoms. The van der Waals surface area contributed by atoms with Gasteiger partial charge in [0, 0.05) is 5.69 Å². The molecule has 0 saturated heterocycles. The van der Waals surface area contributed by atoms with Gasteiger partial charge in [-0.1, -0.05) is 6.07 Å². The Labute approximate surface area is 123 Å². The van der Waals surface area contributed by atoms with E-state index in [0.29, 0.717) is 37.2 Å². The predicted octanol–water partition coefficient (Wildman–Crippen LogP) is 2.73. The standard InChI is InChI=1S/C12H14FNO2.C3H6O2/c1-8-3-4-9(7-10(8)13)14-12(11(15)16)5-2-6-12;1-2-5-3-4/h3-4,7,14H,2,5-6H2,1H3,(H,15,16);3H,2H2,1H3. The molecule has 0 amide bonds. The van der Waals surface area contributed by atoms with Crippen LogP contribution in [0, 0.1) is 12.7 Å². The number of aliphatic carboxylic acids is 1. The summed E-state index contributed by atoms with van der Waals surface area (Å²) in [6.45, 7) is 4.34. The highest BCUT2D eigenvalue weighted by molar-refractivity contribution is 5.84. The van der Waals surface area contributed by atoms with Gasteiger partial charge in [0.1, 0.15) is 11.4 Å². The van der Waals surface area contributed by atoms with Crippen molar-refractivity contribution >= 4 is 18.1 Å². The van der Waals surface area contributed by atoms with Crippen molar-refractivity contribution < 1.29 is 23.8 Å². The summed E-state index contributed by atoms with van der Waals surface area (Å²) in [5.41, 5.74) is 0.204. The second-order valence-corrected chi connectivity index (χ2v) is 4.88. The van der Waals surface area contributed by atoms with Gasteiger partial charge in [0.25, 0.3) is 6.47 Å². The van der Waals surface area contributed by atoms with Crippen LogP contribution in [0.15, 0.2) is 18.2 Å². The van der Waals surface area contributed by atoms with Crippen LogP contribution in [0.2, 0.25) is 0 Å². The van der Waals surface area contributed by atoms with Gasteiger partial charge in [-0.2, -0.15) is 0 Å². The second kappa shape index (κ2) is 7.61. The Morgan fingerprint density at radius 2 is 2.19 bits per heavy atom. The van der Waals surface area contributed by atoms with Gasteiger partial charge in [-0.05, 0) is 50.8 Å². The third-order valence-electron chi connectivity index (χ3n) is 3.41. The summed E-state index contributed by atoms with van der Waals surface area (Å²) in [7, 11) is 0. The molecule has 0 unspecified atom stereocenters. The van der Waals surface area contributed by atoms with E-state index < -0.39 is 11.5 Å². The molecule has 116 valence electrons. The lowest BCUT2D eigenvalue weighted by atomic mass is 9.76. The zero-order valence-electron chi connectivity index (χ0n) is 12.2. The first kappa shape index (κ1) is 16.9. The normalized spacial score (nSPS) is 15.0. The zero-order chi connectivity index (χ0) is 15.9. The average Bonchev–Trinajstić information content (AvgIpc) is 2.39. The van der Waals surface area contributed by atoms with Gasteiger partial charge in [0.05, 0.1) is 6.61 Å². The maximum atomic E-state index is 13.3. The highest BCUT2D eigenvalue weighted by Crippen LogP contribution is 2.35. The van der Waals surface area contributed by atoms with Crippen molar-refractivity contribution in [2.75, 3.05) is 11.9 Å². The summed E-state index contributed by atoms with van der Waals surface area (Å²) in [6.07, 6.45) is 2.09. The number of nitrogens with one attached hydrogen (secondary N) is 1. The number of carboxylic acid groups (broad SMARTS) is 1. The Morgan fingerprint density at radius 1 is 1.52 bits per heavy atom. The van der Waals surface area contributed by atoms with Crippen LogP contribution in [-0.4, -0.2) is 29.7 Å². The number of carbonyl (C=O) groups excluding carboxylic acids is 1. The molecule has 1 aromatic carbocycles. The number of hydrogen-bond donors (Lipinski definition) is 2. The summed E-state index contributed by atoms with van der Waals surface area (Å²) in [4.78, 5) is 20.3. The first-order chi connectivity index (χ1) is 9.95. The summed E-state index contributed by atoms with van der Waals surface area (Å²) in [5, 5.41) is 12.0. The molecule has 1 aliphatic carbocycles. The number of halogens is 1. The molecule has 0 spiro atoms. The lowest BCUT2D eigenvalue weighted by Gasteiger charge is -2.39.